The van der Waals surface area contributed by atoms with E-state index < -0.39 is 9.84 Å². The molecule has 1 aromatic heterocycles. The summed E-state index contributed by atoms with van der Waals surface area (Å²) in [5, 5.41) is 7.11. The van der Waals surface area contributed by atoms with E-state index in [0.29, 0.717) is 6.54 Å². The second-order valence-electron chi connectivity index (χ2n) is 7.43. The van der Waals surface area contributed by atoms with Gasteiger partial charge >= 0.3 is 0 Å². The first-order chi connectivity index (χ1) is 12.9. The van der Waals surface area contributed by atoms with Gasteiger partial charge in [0.1, 0.15) is 0 Å². The average Bonchev–Trinajstić information content (AvgIpc) is 3.24. The molecule has 0 radical (unpaired) electrons. The van der Waals surface area contributed by atoms with Gasteiger partial charge in [-0.3, -0.25) is 14.4 Å². The number of amides is 1. The lowest BCUT2D eigenvalue weighted by Gasteiger charge is -2.34. The third-order valence-corrected chi connectivity index (χ3v) is 7.01. The van der Waals surface area contributed by atoms with Gasteiger partial charge in [0.2, 0.25) is 5.91 Å². The van der Waals surface area contributed by atoms with E-state index in [-0.39, 0.29) is 30.0 Å². The molecule has 2 heterocycles. The summed E-state index contributed by atoms with van der Waals surface area (Å²) in [7, 11) is -1.32. The summed E-state index contributed by atoms with van der Waals surface area (Å²) < 4.78 is 25.9. The van der Waals surface area contributed by atoms with Crippen LogP contribution < -0.4 is 5.32 Å². The fraction of sp³-hybridized carbons (Fsp3) is 0.474. The van der Waals surface area contributed by atoms with Crippen LogP contribution in [0.2, 0.25) is 0 Å². The number of anilines is 1. The Morgan fingerprint density at radius 1 is 1.30 bits per heavy atom. The maximum Gasteiger partial charge on any atom is 0.238 e. The van der Waals surface area contributed by atoms with E-state index in [2.05, 4.69) is 22.5 Å². The molecule has 1 aromatic carbocycles. The van der Waals surface area contributed by atoms with Crippen molar-refractivity contribution in [2.45, 2.75) is 25.3 Å². The number of hydrogen-bond acceptors (Lipinski definition) is 5. The van der Waals surface area contributed by atoms with E-state index in [4.69, 9.17) is 0 Å². The van der Waals surface area contributed by atoms with E-state index in [1.807, 2.05) is 17.2 Å². The average molecular weight is 388 g/mol. The largest absolute Gasteiger partial charge is 0.325 e. The van der Waals surface area contributed by atoms with Crippen LogP contribution in [0.5, 0.6) is 0 Å². The molecule has 1 N–H and O–H groups in total. The molecule has 1 unspecified atom stereocenters. The van der Waals surface area contributed by atoms with Crippen molar-refractivity contribution in [1.82, 2.24) is 14.7 Å². The molecule has 0 spiro atoms. The van der Waals surface area contributed by atoms with Gasteiger partial charge in [0.25, 0.3) is 0 Å². The van der Waals surface area contributed by atoms with E-state index >= 15 is 0 Å². The fourth-order valence-electron chi connectivity index (χ4n) is 3.98. The molecular formula is C19H24N4O3S. The number of nitrogens with one attached hydrogen (secondary N) is 1. The molecule has 1 aliphatic heterocycles. The smallest absolute Gasteiger partial charge is 0.238 e. The zero-order valence-corrected chi connectivity index (χ0v) is 16.2. The monoisotopic (exact) mass is 388 g/mol. The standard InChI is InChI=1S/C19H24N4O3S/c1-22-11-16(10-20-22)18-13-27(25,26)8-7-23(18)12-19(24)21-17-6-5-14-3-2-4-15(14)9-17/h5-6,9-11,18H,2-4,7-8,12-13H2,1H3,(H,21,24). The van der Waals surface area contributed by atoms with Crippen molar-refractivity contribution in [1.29, 1.82) is 0 Å². The highest BCUT2D eigenvalue weighted by atomic mass is 32.2. The summed E-state index contributed by atoms with van der Waals surface area (Å²) in [6.45, 7) is 0.506. The van der Waals surface area contributed by atoms with Crippen LogP contribution in [0.25, 0.3) is 0 Å². The first kappa shape index (κ1) is 18.2. The summed E-state index contributed by atoms with van der Waals surface area (Å²) >= 11 is 0. The van der Waals surface area contributed by atoms with Crippen molar-refractivity contribution >= 4 is 21.4 Å². The second kappa shape index (κ2) is 7.09. The number of carbonyl (C=O) groups excluding carboxylic acids is 1. The van der Waals surface area contributed by atoms with Crippen LogP contribution in [0.4, 0.5) is 5.69 Å². The van der Waals surface area contributed by atoms with E-state index in [1.165, 1.54) is 17.5 Å². The number of sulfone groups is 1. The lowest BCUT2D eigenvalue weighted by molar-refractivity contribution is -0.117. The number of fused-ring (bicyclic) bond motifs is 1. The van der Waals surface area contributed by atoms with Crippen molar-refractivity contribution in [3.05, 3.63) is 47.3 Å². The third-order valence-electron chi connectivity index (χ3n) is 5.38. The number of benzene rings is 1. The van der Waals surface area contributed by atoms with Crippen LogP contribution >= 0.6 is 0 Å². The molecule has 1 aliphatic carbocycles. The van der Waals surface area contributed by atoms with Crippen molar-refractivity contribution < 1.29 is 13.2 Å². The zero-order valence-electron chi connectivity index (χ0n) is 15.4. The highest BCUT2D eigenvalue weighted by Gasteiger charge is 2.34. The second-order valence-corrected chi connectivity index (χ2v) is 9.66. The third kappa shape index (κ3) is 4.06. The van der Waals surface area contributed by atoms with Gasteiger partial charge in [-0.25, -0.2) is 8.42 Å². The normalized spacial score (nSPS) is 21.7. The molecule has 1 amide bonds. The Balaban J connectivity index is 1.47. The molecule has 1 saturated heterocycles. The van der Waals surface area contributed by atoms with Crippen molar-refractivity contribution in [3.8, 4) is 0 Å². The Hall–Kier alpha value is -2.19. The predicted molar refractivity (Wildman–Crippen MR) is 103 cm³/mol. The summed E-state index contributed by atoms with van der Waals surface area (Å²) in [6.07, 6.45) is 6.83. The maximum atomic E-state index is 12.6. The van der Waals surface area contributed by atoms with Crippen molar-refractivity contribution in [3.63, 3.8) is 0 Å². The molecule has 27 heavy (non-hydrogen) atoms. The van der Waals surface area contributed by atoms with Crippen LogP contribution in [0.15, 0.2) is 30.6 Å². The molecule has 0 saturated carbocycles. The first-order valence-electron chi connectivity index (χ1n) is 9.24. The van der Waals surface area contributed by atoms with Gasteiger partial charge in [0.05, 0.1) is 30.3 Å². The lowest BCUT2D eigenvalue weighted by Crippen LogP contribution is -2.46. The Morgan fingerprint density at radius 3 is 2.89 bits per heavy atom. The summed E-state index contributed by atoms with van der Waals surface area (Å²) in [4.78, 5) is 14.5. The molecule has 1 atom stereocenters. The molecular weight excluding hydrogens is 364 g/mol. The summed E-state index contributed by atoms with van der Waals surface area (Å²) in [6, 6.07) is 5.74. The highest BCUT2D eigenvalue weighted by molar-refractivity contribution is 7.91. The first-order valence-corrected chi connectivity index (χ1v) is 11.1. The molecule has 0 bridgehead atoms. The van der Waals surface area contributed by atoms with Crippen LogP contribution in [-0.2, 0) is 34.5 Å². The summed E-state index contributed by atoms with van der Waals surface area (Å²) in [5.41, 5.74) is 4.31. The van der Waals surface area contributed by atoms with E-state index in [0.717, 1.165) is 24.1 Å². The number of hydrogen-bond donors (Lipinski definition) is 1. The molecule has 8 heteroatoms. The van der Waals surface area contributed by atoms with Gasteiger partial charge in [0.15, 0.2) is 9.84 Å². The van der Waals surface area contributed by atoms with Gasteiger partial charge < -0.3 is 5.32 Å². The summed E-state index contributed by atoms with van der Waals surface area (Å²) in [5.74, 6) is -0.0260. The Kier molecular flexibility index (Phi) is 4.77. The fourth-order valence-corrected chi connectivity index (χ4v) is 5.55. The predicted octanol–water partition coefficient (Wildman–Crippen LogP) is 1.32. The lowest BCUT2D eigenvalue weighted by atomic mass is 10.1. The zero-order chi connectivity index (χ0) is 19.0. The van der Waals surface area contributed by atoms with Crippen molar-refractivity contribution in [2.24, 2.45) is 7.05 Å². The molecule has 7 nitrogen and oxygen atoms in total. The molecule has 2 aliphatic rings. The van der Waals surface area contributed by atoms with Crippen molar-refractivity contribution in [2.75, 3.05) is 29.9 Å². The minimum atomic E-state index is -3.12. The van der Waals surface area contributed by atoms with Crippen LogP contribution in [0, 0.1) is 0 Å². The van der Waals surface area contributed by atoms with Crippen LogP contribution in [0.1, 0.15) is 29.2 Å². The number of carbonyl (C=O) groups is 1. The molecule has 2 aromatic rings. The SMILES string of the molecule is Cn1cc(C2CS(=O)(=O)CCN2CC(=O)Nc2ccc3c(c2)CCC3)cn1. The van der Waals surface area contributed by atoms with Gasteiger partial charge in [0, 0.05) is 31.0 Å². The van der Waals surface area contributed by atoms with E-state index in [1.54, 1.807) is 17.9 Å². The Labute approximate surface area is 159 Å². The van der Waals surface area contributed by atoms with Crippen LogP contribution in [0.3, 0.4) is 0 Å². The van der Waals surface area contributed by atoms with Crippen LogP contribution in [-0.4, -0.2) is 53.6 Å². The van der Waals surface area contributed by atoms with Gasteiger partial charge in [-0.05, 0) is 42.5 Å². The van der Waals surface area contributed by atoms with E-state index in [9.17, 15) is 13.2 Å². The Morgan fingerprint density at radius 2 is 2.11 bits per heavy atom. The quantitative estimate of drug-likeness (QED) is 0.854. The van der Waals surface area contributed by atoms with Gasteiger partial charge in [-0.15, -0.1) is 0 Å². The molecule has 4 rings (SSSR count). The highest BCUT2D eigenvalue weighted by Crippen LogP contribution is 2.27. The molecule has 1 fully saturated rings. The minimum Gasteiger partial charge on any atom is -0.325 e. The number of aromatic nitrogens is 2. The minimum absolute atomic E-state index is 0.0187. The maximum absolute atomic E-state index is 12.6. The van der Waals surface area contributed by atoms with Gasteiger partial charge in [-0.2, -0.15) is 5.10 Å². The Bertz CT molecular complexity index is 967. The topological polar surface area (TPSA) is 84.3 Å². The van der Waals surface area contributed by atoms with Gasteiger partial charge in [-0.1, -0.05) is 6.07 Å². The number of nitrogens with zero attached hydrogens (tertiary/aromatic N) is 3. The molecule has 144 valence electrons. The number of rotatable bonds is 4. The number of aryl methyl sites for hydroxylation is 3.